The lowest BCUT2D eigenvalue weighted by Crippen LogP contribution is -2.22. The topological polar surface area (TPSA) is 9.23 Å². The Labute approximate surface area is 161 Å². The Morgan fingerprint density at radius 1 is 0.821 bits per heavy atom. The normalized spacial score (nSPS) is 11.6. The van der Waals surface area contributed by atoms with Gasteiger partial charge in [0.1, 0.15) is 0 Å². The number of halogens is 7. The molecule has 0 aliphatic heterocycles. The molecule has 0 aromatic heterocycles. The minimum atomic E-state index is -3.85. The average Bonchev–Trinajstić information content (AvgIpc) is 2.63. The van der Waals surface area contributed by atoms with Crippen molar-refractivity contribution in [2.75, 3.05) is 0 Å². The molecule has 146 valence electrons. The van der Waals surface area contributed by atoms with Gasteiger partial charge in [0.05, 0.1) is 10.6 Å². The highest BCUT2D eigenvalue weighted by Gasteiger charge is 2.36. The maximum Gasteiger partial charge on any atom is 0.426 e. The van der Waals surface area contributed by atoms with Crippen LogP contribution in [0.3, 0.4) is 0 Å². The van der Waals surface area contributed by atoms with Gasteiger partial charge in [0.15, 0.2) is 29.0 Å². The molecule has 0 bridgehead atoms. The molecule has 0 spiro atoms. The summed E-state index contributed by atoms with van der Waals surface area (Å²) in [5.74, 6) is -6.91. The maximum atomic E-state index is 14.5. The highest BCUT2D eigenvalue weighted by molar-refractivity contribution is 6.33. The Hall–Kier alpha value is -2.67. The molecule has 3 aromatic carbocycles. The van der Waals surface area contributed by atoms with Gasteiger partial charge in [-0.25, -0.2) is 17.6 Å². The first-order valence-electron chi connectivity index (χ1n) is 7.87. The van der Waals surface area contributed by atoms with E-state index in [0.29, 0.717) is 12.1 Å². The lowest BCUT2D eigenvalue weighted by molar-refractivity contribution is -0.186. The Bertz CT molecular complexity index is 1010. The molecule has 3 aromatic rings. The molecule has 0 amide bonds. The number of ether oxygens (including phenoxy) is 1. The fraction of sp³-hybridized carbons (Fsp3) is 0.100. The Balaban J connectivity index is 1.97. The maximum absolute atomic E-state index is 14.5. The first kappa shape index (κ1) is 20.1. The summed E-state index contributed by atoms with van der Waals surface area (Å²) in [6.45, 7) is 1.71. The van der Waals surface area contributed by atoms with Crippen LogP contribution in [0.4, 0.5) is 26.3 Å². The predicted molar refractivity (Wildman–Crippen MR) is 92.4 cm³/mol. The van der Waals surface area contributed by atoms with Crippen LogP contribution in [0.2, 0.25) is 5.02 Å². The molecule has 0 heterocycles. The molecule has 3 rings (SSSR count). The van der Waals surface area contributed by atoms with Crippen molar-refractivity contribution in [2.45, 2.75) is 13.0 Å². The van der Waals surface area contributed by atoms with Gasteiger partial charge >= 0.3 is 6.11 Å². The van der Waals surface area contributed by atoms with Crippen molar-refractivity contribution >= 4 is 11.6 Å². The fourth-order valence-corrected chi connectivity index (χ4v) is 2.75. The minimum Gasteiger partial charge on any atom is -0.426 e. The molecule has 0 unspecified atom stereocenters. The van der Waals surface area contributed by atoms with Gasteiger partial charge < -0.3 is 4.74 Å². The van der Waals surface area contributed by atoms with Gasteiger partial charge in [0, 0.05) is 5.56 Å². The van der Waals surface area contributed by atoms with Crippen LogP contribution in [-0.2, 0) is 6.11 Å². The summed E-state index contributed by atoms with van der Waals surface area (Å²) in [5.41, 5.74) is -0.239. The Morgan fingerprint density at radius 2 is 1.39 bits per heavy atom. The van der Waals surface area contributed by atoms with Crippen molar-refractivity contribution in [3.63, 3.8) is 0 Å². The molecule has 0 saturated carbocycles. The summed E-state index contributed by atoms with van der Waals surface area (Å²) >= 11 is 5.83. The lowest BCUT2D eigenvalue weighted by Gasteiger charge is -2.19. The summed E-state index contributed by atoms with van der Waals surface area (Å²) in [4.78, 5) is 0. The third kappa shape index (κ3) is 3.80. The van der Waals surface area contributed by atoms with Crippen LogP contribution in [0.5, 0.6) is 5.75 Å². The molecule has 0 N–H and O–H groups in total. The largest absolute Gasteiger partial charge is 0.426 e. The lowest BCUT2D eigenvalue weighted by atomic mass is 10.0. The van der Waals surface area contributed by atoms with E-state index in [0.717, 1.165) is 29.8 Å². The number of benzene rings is 3. The van der Waals surface area contributed by atoms with E-state index >= 15 is 0 Å². The van der Waals surface area contributed by atoms with E-state index in [-0.39, 0.29) is 11.1 Å². The van der Waals surface area contributed by atoms with Crippen LogP contribution < -0.4 is 4.74 Å². The van der Waals surface area contributed by atoms with E-state index in [1.807, 2.05) is 0 Å². The third-order valence-electron chi connectivity index (χ3n) is 3.97. The van der Waals surface area contributed by atoms with Gasteiger partial charge in [0.2, 0.25) is 0 Å². The second kappa shape index (κ2) is 7.39. The predicted octanol–water partition coefficient (Wildman–Crippen LogP) is 7.00. The highest BCUT2D eigenvalue weighted by Crippen LogP contribution is 2.39. The summed E-state index contributed by atoms with van der Waals surface area (Å²) in [5, 5.41) is -0.706. The second-order valence-corrected chi connectivity index (χ2v) is 6.36. The Morgan fingerprint density at radius 3 is 1.96 bits per heavy atom. The molecule has 0 aliphatic rings. The fourth-order valence-electron chi connectivity index (χ4n) is 2.49. The van der Waals surface area contributed by atoms with Gasteiger partial charge in [-0.05, 0) is 48.9 Å². The van der Waals surface area contributed by atoms with E-state index < -0.39 is 45.7 Å². The molecular formula is C20H11ClF6O. The molecular weight excluding hydrogens is 406 g/mol. The number of alkyl halides is 2. The number of rotatable bonds is 4. The first-order chi connectivity index (χ1) is 13.1. The van der Waals surface area contributed by atoms with E-state index in [1.54, 1.807) is 6.92 Å². The number of hydrogen-bond donors (Lipinski definition) is 0. The molecule has 1 nitrogen and oxygen atoms in total. The number of hydrogen-bond acceptors (Lipinski definition) is 1. The van der Waals surface area contributed by atoms with Crippen molar-refractivity contribution in [3.05, 3.63) is 87.9 Å². The molecule has 8 heteroatoms. The zero-order chi connectivity index (χ0) is 20.6. The SMILES string of the molecule is Cc1ccc(C(F)(F)Oc2ccc(-c3cc(F)c(F)c(F)c3)c(Cl)c2F)cc1. The van der Waals surface area contributed by atoms with Gasteiger partial charge in [-0.3, -0.25) is 0 Å². The van der Waals surface area contributed by atoms with Crippen molar-refractivity contribution in [3.8, 4) is 16.9 Å². The van der Waals surface area contributed by atoms with Crippen molar-refractivity contribution in [1.82, 2.24) is 0 Å². The monoisotopic (exact) mass is 416 g/mol. The summed E-state index contributed by atoms with van der Waals surface area (Å²) in [6.07, 6.45) is -3.85. The van der Waals surface area contributed by atoms with E-state index in [4.69, 9.17) is 11.6 Å². The van der Waals surface area contributed by atoms with E-state index in [9.17, 15) is 26.3 Å². The van der Waals surface area contributed by atoms with Crippen LogP contribution in [0.15, 0.2) is 48.5 Å². The first-order valence-corrected chi connectivity index (χ1v) is 8.25. The quantitative estimate of drug-likeness (QED) is 0.328. The van der Waals surface area contributed by atoms with Gasteiger partial charge in [-0.1, -0.05) is 29.3 Å². The standard InChI is InChI=1S/C20H11ClF6O/c1-10-2-4-12(5-3-10)20(26,27)28-16-7-6-13(17(21)19(16)25)11-8-14(22)18(24)15(23)9-11/h2-9H,1H3. The Kier molecular flexibility index (Phi) is 5.30. The summed E-state index contributed by atoms with van der Waals surface area (Å²) in [6, 6.07) is 8.25. The van der Waals surface area contributed by atoms with Crippen LogP contribution in [0.25, 0.3) is 11.1 Å². The smallest absolute Gasteiger partial charge is 0.426 e. The second-order valence-electron chi connectivity index (χ2n) is 5.98. The molecule has 0 saturated heterocycles. The van der Waals surface area contributed by atoms with E-state index in [2.05, 4.69) is 4.74 Å². The minimum absolute atomic E-state index is 0.219. The molecule has 0 fully saturated rings. The number of aryl methyl sites for hydroxylation is 1. The summed E-state index contributed by atoms with van der Waals surface area (Å²) < 4.78 is 87.4. The van der Waals surface area contributed by atoms with Crippen molar-refractivity contribution in [1.29, 1.82) is 0 Å². The van der Waals surface area contributed by atoms with Crippen LogP contribution in [0.1, 0.15) is 11.1 Å². The van der Waals surface area contributed by atoms with Crippen molar-refractivity contribution in [2.24, 2.45) is 0 Å². The molecule has 0 aliphatic carbocycles. The van der Waals surface area contributed by atoms with Crippen molar-refractivity contribution < 1.29 is 31.1 Å². The van der Waals surface area contributed by atoms with Gasteiger partial charge in [-0.15, -0.1) is 0 Å². The molecule has 0 atom stereocenters. The highest BCUT2D eigenvalue weighted by atomic mass is 35.5. The van der Waals surface area contributed by atoms with Crippen LogP contribution in [0, 0.1) is 30.2 Å². The van der Waals surface area contributed by atoms with Crippen LogP contribution >= 0.6 is 11.6 Å². The zero-order valence-corrected chi connectivity index (χ0v) is 14.9. The third-order valence-corrected chi connectivity index (χ3v) is 4.34. The van der Waals surface area contributed by atoms with Crippen LogP contribution in [-0.4, -0.2) is 0 Å². The zero-order valence-electron chi connectivity index (χ0n) is 14.2. The average molecular weight is 417 g/mol. The molecule has 0 radical (unpaired) electrons. The van der Waals surface area contributed by atoms with Gasteiger partial charge in [-0.2, -0.15) is 8.78 Å². The molecule has 28 heavy (non-hydrogen) atoms. The van der Waals surface area contributed by atoms with E-state index in [1.165, 1.54) is 12.1 Å². The summed E-state index contributed by atoms with van der Waals surface area (Å²) in [7, 11) is 0. The van der Waals surface area contributed by atoms with Gasteiger partial charge in [0.25, 0.3) is 0 Å².